The number of nitrogens with two attached hydrogens (primary N) is 1. The van der Waals surface area contributed by atoms with Gasteiger partial charge in [-0.15, -0.1) is 12.3 Å². The summed E-state index contributed by atoms with van der Waals surface area (Å²) in [6.45, 7) is 0.630. The molecule has 0 amide bonds. The van der Waals surface area contributed by atoms with Crippen molar-refractivity contribution in [3.8, 4) is 18.1 Å². The second-order valence-corrected chi connectivity index (χ2v) is 3.42. The van der Waals surface area contributed by atoms with E-state index in [-0.39, 0.29) is 18.0 Å². The molecule has 0 saturated carbocycles. The van der Waals surface area contributed by atoms with Crippen molar-refractivity contribution < 1.29 is 9.66 Å². The first kappa shape index (κ1) is 13.0. The largest absolute Gasteiger partial charge is 0.487 e. The van der Waals surface area contributed by atoms with Crippen LogP contribution in [-0.4, -0.2) is 11.5 Å². The van der Waals surface area contributed by atoms with Gasteiger partial charge in [-0.25, -0.2) is 0 Å². The van der Waals surface area contributed by atoms with E-state index in [2.05, 4.69) is 5.92 Å². The molecule has 0 aliphatic carbocycles. The zero-order chi connectivity index (χ0) is 12.7. The van der Waals surface area contributed by atoms with Crippen molar-refractivity contribution in [3.05, 3.63) is 33.9 Å². The lowest BCUT2D eigenvalue weighted by atomic mass is 10.2. The molecule has 0 heterocycles. The zero-order valence-corrected chi connectivity index (χ0v) is 9.39. The Morgan fingerprint density at radius 1 is 1.53 bits per heavy atom. The van der Waals surface area contributed by atoms with E-state index in [9.17, 15) is 10.1 Å². The maximum atomic E-state index is 10.8. The number of ether oxygens (including phenoxy) is 1. The standard InChI is InChI=1S/C12H14N2O3/c1-2-3-4-7-17-12-6-5-10(9-13)8-11(12)14(15)16/h1,5-6,8H,3-4,7,9,13H2. The minimum atomic E-state index is -0.477. The van der Waals surface area contributed by atoms with Crippen LogP contribution in [0.3, 0.4) is 0 Å². The summed E-state index contributed by atoms with van der Waals surface area (Å²) in [7, 11) is 0. The van der Waals surface area contributed by atoms with Crippen LogP contribution in [0.2, 0.25) is 0 Å². The molecule has 0 aliphatic heterocycles. The monoisotopic (exact) mass is 234 g/mol. The van der Waals surface area contributed by atoms with Crippen molar-refractivity contribution in [2.45, 2.75) is 19.4 Å². The summed E-state index contributed by atoms with van der Waals surface area (Å²) in [4.78, 5) is 10.4. The molecular formula is C12H14N2O3. The van der Waals surface area contributed by atoms with Crippen LogP contribution in [0.25, 0.3) is 0 Å². The summed E-state index contributed by atoms with van der Waals surface area (Å²) >= 11 is 0. The molecule has 0 fully saturated rings. The van der Waals surface area contributed by atoms with Gasteiger partial charge in [0.05, 0.1) is 11.5 Å². The lowest BCUT2D eigenvalue weighted by Crippen LogP contribution is -2.02. The number of nitrogens with zero attached hydrogens (tertiary/aromatic N) is 1. The van der Waals surface area contributed by atoms with Gasteiger partial charge in [0.25, 0.3) is 0 Å². The van der Waals surface area contributed by atoms with Crippen LogP contribution in [0, 0.1) is 22.5 Å². The van der Waals surface area contributed by atoms with Crippen LogP contribution in [0.15, 0.2) is 18.2 Å². The average Bonchev–Trinajstić information content (AvgIpc) is 2.34. The maximum Gasteiger partial charge on any atom is 0.311 e. The van der Waals surface area contributed by atoms with Gasteiger partial charge in [-0.05, 0) is 18.1 Å². The van der Waals surface area contributed by atoms with E-state index in [1.807, 2.05) is 0 Å². The summed E-state index contributed by atoms with van der Waals surface area (Å²) < 4.78 is 5.32. The molecule has 0 saturated heterocycles. The van der Waals surface area contributed by atoms with Crippen LogP contribution in [0.1, 0.15) is 18.4 Å². The second kappa shape index (κ2) is 6.51. The van der Waals surface area contributed by atoms with E-state index < -0.39 is 4.92 Å². The topological polar surface area (TPSA) is 78.4 Å². The molecule has 0 aromatic heterocycles. The third kappa shape index (κ3) is 3.78. The fourth-order valence-electron chi connectivity index (χ4n) is 1.31. The van der Waals surface area contributed by atoms with Crippen LogP contribution in [-0.2, 0) is 6.54 Å². The Morgan fingerprint density at radius 3 is 2.88 bits per heavy atom. The molecular weight excluding hydrogens is 220 g/mol. The highest BCUT2D eigenvalue weighted by atomic mass is 16.6. The molecule has 1 aromatic rings. The number of nitro groups is 1. The van der Waals surface area contributed by atoms with Crippen LogP contribution in [0.4, 0.5) is 5.69 Å². The van der Waals surface area contributed by atoms with Crippen molar-refractivity contribution in [2.75, 3.05) is 6.61 Å². The lowest BCUT2D eigenvalue weighted by molar-refractivity contribution is -0.385. The predicted molar refractivity (Wildman–Crippen MR) is 64.5 cm³/mol. The molecule has 0 unspecified atom stereocenters. The second-order valence-electron chi connectivity index (χ2n) is 3.42. The Bertz CT molecular complexity index is 438. The van der Waals surface area contributed by atoms with Gasteiger partial charge < -0.3 is 10.5 Å². The number of benzene rings is 1. The van der Waals surface area contributed by atoms with E-state index in [1.165, 1.54) is 6.07 Å². The van der Waals surface area contributed by atoms with Crippen LogP contribution >= 0.6 is 0 Å². The Hall–Kier alpha value is -2.06. The number of unbranched alkanes of at least 4 members (excludes halogenated alkanes) is 1. The van der Waals surface area contributed by atoms with Gasteiger partial charge in [-0.2, -0.15) is 0 Å². The van der Waals surface area contributed by atoms with Crippen LogP contribution < -0.4 is 10.5 Å². The summed E-state index contributed by atoms with van der Waals surface area (Å²) in [6.07, 6.45) is 6.36. The summed E-state index contributed by atoms with van der Waals surface area (Å²) in [6, 6.07) is 4.70. The highest BCUT2D eigenvalue weighted by molar-refractivity contribution is 5.48. The molecule has 0 aliphatic rings. The van der Waals surface area contributed by atoms with E-state index >= 15 is 0 Å². The Morgan fingerprint density at radius 2 is 2.29 bits per heavy atom. The smallest absolute Gasteiger partial charge is 0.311 e. The molecule has 0 bridgehead atoms. The number of hydrogen-bond donors (Lipinski definition) is 1. The minimum absolute atomic E-state index is 0.0614. The third-order valence-electron chi connectivity index (χ3n) is 2.18. The van der Waals surface area contributed by atoms with Gasteiger partial charge in [-0.1, -0.05) is 6.07 Å². The molecule has 0 spiro atoms. The Kier molecular flexibility index (Phi) is 4.98. The molecule has 1 rings (SSSR count). The minimum Gasteiger partial charge on any atom is -0.487 e. The molecule has 17 heavy (non-hydrogen) atoms. The van der Waals surface area contributed by atoms with E-state index in [0.29, 0.717) is 25.0 Å². The Balaban J connectivity index is 2.77. The first-order valence-electron chi connectivity index (χ1n) is 5.22. The Labute approximate surface area is 99.7 Å². The van der Waals surface area contributed by atoms with E-state index in [4.69, 9.17) is 16.9 Å². The normalized spacial score (nSPS) is 9.65. The van der Waals surface area contributed by atoms with Crippen molar-refractivity contribution in [1.82, 2.24) is 0 Å². The van der Waals surface area contributed by atoms with E-state index in [0.717, 1.165) is 0 Å². The highest BCUT2D eigenvalue weighted by Gasteiger charge is 2.15. The molecule has 90 valence electrons. The molecule has 5 nitrogen and oxygen atoms in total. The first-order valence-corrected chi connectivity index (χ1v) is 5.22. The fraction of sp³-hybridized carbons (Fsp3) is 0.333. The number of terminal acetylenes is 1. The quantitative estimate of drug-likeness (QED) is 0.352. The summed E-state index contributed by atoms with van der Waals surface area (Å²) in [5.41, 5.74) is 6.06. The van der Waals surface area contributed by atoms with Gasteiger partial charge in [0.15, 0.2) is 5.75 Å². The van der Waals surface area contributed by atoms with Crippen molar-refractivity contribution in [2.24, 2.45) is 5.73 Å². The molecule has 2 N–H and O–H groups in total. The van der Waals surface area contributed by atoms with Gasteiger partial charge >= 0.3 is 5.69 Å². The van der Waals surface area contributed by atoms with Gasteiger partial charge in [0, 0.05) is 19.0 Å². The average molecular weight is 234 g/mol. The SMILES string of the molecule is C#CCCCOc1ccc(CN)cc1[N+](=O)[O-]. The summed E-state index contributed by atoms with van der Waals surface area (Å²) in [5.74, 6) is 2.73. The molecule has 1 aromatic carbocycles. The lowest BCUT2D eigenvalue weighted by Gasteiger charge is -2.06. The number of rotatable bonds is 6. The van der Waals surface area contributed by atoms with E-state index in [1.54, 1.807) is 12.1 Å². The molecule has 0 radical (unpaired) electrons. The predicted octanol–water partition coefficient (Wildman–Crippen LogP) is 1.85. The highest BCUT2D eigenvalue weighted by Crippen LogP contribution is 2.27. The molecule has 0 atom stereocenters. The van der Waals surface area contributed by atoms with Crippen molar-refractivity contribution in [1.29, 1.82) is 0 Å². The number of nitro benzene ring substituents is 1. The van der Waals surface area contributed by atoms with Crippen LogP contribution in [0.5, 0.6) is 5.75 Å². The third-order valence-corrected chi connectivity index (χ3v) is 2.18. The first-order chi connectivity index (χ1) is 8.19. The van der Waals surface area contributed by atoms with Gasteiger partial charge in [0.1, 0.15) is 0 Å². The molecule has 5 heteroatoms. The summed E-state index contributed by atoms with van der Waals surface area (Å²) in [5, 5.41) is 10.8. The maximum absolute atomic E-state index is 10.8. The zero-order valence-electron chi connectivity index (χ0n) is 9.39. The van der Waals surface area contributed by atoms with Gasteiger partial charge in [0.2, 0.25) is 0 Å². The fourth-order valence-corrected chi connectivity index (χ4v) is 1.31. The van der Waals surface area contributed by atoms with Crippen molar-refractivity contribution >= 4 is 5.69 Å². The number of hydrogen-bond acceptors (Lipinski definition) is 4. The van der Waals surface area contributed by atoms with Crippen molar-refractivity contribution in [3.63, 3.8) is 0 Å². The van der Waals surface area contributed by atoms with Gasteiger partial charge in [-0.3, -0.25) is 10.1 Å².